The van der Waals surface area contributed by atoms with Gasteiger partial charge in [-0.05, 0) is 19.2 Å². The first-order valence-electron chi connectivity index (χ1n) is 6.56. The highest BCUT2D eigenvalue weighted by Gasteiger charge is 2.38. The smallest absolute Gasteiger partial charge is 0.225 e. The minimum atomic E-state index is -3.52. The molecule has 1 nitrogen and oxygen atoms in total. The molecule has 0 bridgehead atoms. The van der Waals surface area contributed by atoms with E-state index in [2.05, 4.69) is 0 Å². The molecule has 0 radical (unpaired) electrons. The van der Waals surface area contributed by atoms with Gasteiger partial charge in [-0.2, -0.15) is 0 Å². The Kier molecular flexibility index (Phi) is 4.86. The number of benzene rings is 2. The van der Waals surface area contributed by atoms with E-state index in [1.54, 1.807) is 0 Å². The molecule has 0 spiro atoms. The summed E-state index contributed by atoms with van der Waals surface area (Å²) in [7, 11) is -3.52. The van der Waals surface area contributed by atoms with Crippen molar-refractivity contribution in [3.8, 4) is 0 Å². The average molecular weight is 350 g/mol. The molecule has 2 aromatic carbocycles. The minimum absolute atomic E-state index is 0.122. The van der Waals surface area contributed by atoms with Crippen LogP contribution < -0.4 is 5.19 Å². The molecule has 0 saturated heterocycles. The fourth-order valence-electron chi connectivity index (χ4n) is 2.08. The highest BCUT2D eigenvalue weighted by molar-refractivity contribution is 6.84. The molecule has 124 valence electrons. The Balaban J connectivity index is 2.39. The zero-order valence-electron chi connectivity index (χ0n) is 12.2. The molecule has 0 heterocycles. The highest BCUT2D eigenvalue weighted by atomic mass is 28.4. The van der Waals surface area contributed by atoms with E-state index in [1.807, 2.05) is 0 Å². The summed E-state index contributed by atoms with van der Waals surface area (Å²) in [6.45, 7) is 2.20. The van der Waals surface area contributed by atoms with Crippen LogP contribution in [0.2, 0.25) is 13.1 Å². The summed E-state index contributed by atoms with van der Waals surface area (Å²) in [5, 5.41) is -0.967. The first kappa shape index (κ1) is 17.5. The summed E-state index contributed by atoms with van der Waals surface area (Å²) in [5.41, 5.74) is 0.122. The maximum absolute atomic E-state index is 13.9. The average Bonchev–Trinajstić information content (AvgIpc) is 2.50. The number of hydrogen-bond acceptors (Lipinski definition) is 1. The van der Waals surface area contributed by atoms with Crippen LogP contribution in [0.3, 0.4) is 0 Å². The topological polar surface area (TPSA) is 9.23 Å². The Hall–Kier alpha value is -1.80. The summed E-state index contributed by atoms with van der Waals surface area (Å²) in [4.78, 5) is 0. The molecule has 0 atom stereocenters. The molecule has 0 aromatic heterocycles. The maximum atomic E-state index is 13.9. The van der Waals surface area contributed by atoms with Crippen molar-refractivity contribution >= 4 is 13.5 Å². The lowest BCUT2D eigenvalue weighted by molar-refractivity contribution is 0.294. The zero-order valence-corrected chi connectivity index (χ0v) is 13.2. The van der Waals surface area contributed by atoms with E-state index in [9.17, 15) is 26.3 Å². The Bertz CT molecular complexity index is 718. The SMILES string of the molecule is C[Si](C)(OCc1ccccc1F)c1c(F)c(F)c(F)c(F)c1F. The van der Waals surface area contributed by atoms with E-state index in [-0.39, 0.29) is 12.2 Å². The van der Waals surface area contributed by atoms with Gasteiger partial charge in [-0.15, -0.1) is 0 Å². The fourth-order valence-corrected chi connectivity index (χ4v) is 4.02. The van der Waals surface area contributed by atoms with Crippen molar-refractivity contribution in [2.45, 2.75) is 19.7 Å². The second-order valence-electron chi connectivity index (χ2n) is 5.34. The first-order chi connectivity index (χ1) is 10.7. The number of rotatable bonds is 4. The summed E-state index contributed by atoms with van der Waals surface area (Å²) in [6.07, 6.45) is 0. The van der Waals surface area contributed by atoms with Crippen LogP contribution in [0.15, 0.2) is 24.3 Å². The monoisotopic (exact) mass is 350 g/mol. The van der Waals surface area contributed by atoms with Gasteiger partial charge in [-0.3, -0.25) is 0 Å². The van der Waals surface area contributed by atoms with Crippen LogP contribution in [0.1, 0.15) is 5.56 Å². The molecule has 2 rings (SSSR count). The number of halogens is 6. The lowest BCUT2D eigenvalue weighted by Gasteiger charge is -2.25. The van der Waals surface area contributed by atoms with E-state index in [1.165, 1.54) is 37.4 Å². The van der Waals surface area contributed by atoms with Crippen LogP contribution in [-0.4, -0.2) is 8.32 Å². The molecule has 0 fully saturated rings. The van der Waals surface area contributed by atoms with Gasteiger partial charge in [0.05, 0.1) is 6.61 Å². The molecule has 8 heteroatoms. The second-order valence-corrected chi connectivity index (χ2v) is 9.14. The lowest BCUT2D eigenvalue weighted by atomic mass is 10.2. The Morgan fingerprint density at radius 2 is 1.26 bits per heavy atom. The van der Waals surface area contributed by atoms with Gasteiger partial charge in [-0.1, -0.05) is 18.2 Å². The fraction of sp³-hybridized carbons (Fsp3) is 0.200. The largest absolute Gasteiger partial charge is 0.408 e. The van der Waals surface area contributed by atoms with E-state index in [4.69, 9.17) is 4.43 Å². The van der Waals surface area contributed by atoms with E-state index in [0.29, 0.717) is 0 Å². The second kappa shape index (κ2) is 6.36. The van der Waals surface area contributed by atoms with Crippen molar-refractivity contribution in [2.75, 3.05) is 0 Å². The first-order valence-corrected chi connectivity index (χ1v) is 9.47. The molecular weight excluding hydrogens is 338 g/mol. The van der Waals surface area contributed by atoms with Crippen molar-refractivity contribution in [1.82, 2.24) is 0 Å². The predicted molar refractivity (Wildman–Crippen MR) is 74.5 cm³/mol. The quantitative estimate of drug-likeness (QED) is 0.348. The van der Waals surface area contributed by atoms with Crippen LogP contribution in [-0.2, 0) is 11.0 Å². The van der Waals surface area contributed by atoms with Crippen molar-refractivity contribution < 1.29 is 30.8 Å². The molecule has 0 amide bonds. The van der Waals surface area contributed by atoms with Crippen LogP contribution in [0, 0.1) is 34.9 Å². The van der Waals surface area contributed by atoms with Gasteiger partial charge in [0.1, 0.15) is 5.82 Å². The highest BCUT2D eigenvalue weighted by Crippen LogP contribution is 2.21. The molecule has 23 heavy (non-hydrogen) atoms. The summed E-state index contributed by atoms with van der Waals surface area (Å²) < 4.78 is 86.3. The Morgan fingerprint density at radius 1 is 0.783 bits per heavy atom. The molecule has 0 unspecified atom stereocenters. The van der Waals surface area contributed by atoms with Crippen LogP contribution >= 0.6 is 0 Å². The summed E-state index contributed by atoms with van der Waals surface area (Å²) in [5.74, 6) is -10.7. The van der Waals surface area contributed by atoms with E-state index < -0.39 is 48.4 Å². The molecule has 0 aliphatic heterocycles. The van der Waals surface area contributed by atoms with Crippen LogP contribution in [0.5, 0.6) is 0 Å². The normalized spacial score (nSPS) is 11.8. The lowest BCUT2D eigenvalue weighted by Crippen LogP contribution is -2.49. The van der Waals surface area contributed by atoms with Crippen molar-refractivity contribution in [3.05, 3.63) is 64.7 Å². The van der Waals surface area contributed by atoms with Crippen LogP contribution in [0.25, 0.3) is 0 Å². The van der Waals surface area contributed by atoms with Gasteiger partial charge in [0.25, 0.3) is 0 Å². The van der Waals surface area contributed by atoms with Gasteiger partial charge in [-0.25, -0.2) is 26.3 Å². The molecule has 0 aliphatic carbocycles. The van der Waals surface area contributed by atoms with Gasteiger partial charge >= 0.3 is 0 Å². The minimum Gasteiger partial charge on any atom is -0.408 e. The standard InChI is InChI=1S/C15H12F6OSi/c1-23(2,22-7-8-5-3-4-6-9(8)16)15-13(20)11(18)10(17)12(19)14(15)21/h3-6H,7H2,1-2H3. The van der Waals surface area contributed by atoms with E-state index >= 15 is 0 Å². The summed E-state index contributed by atoms with van der Waals surface area (Å²) >= 11 is 0. The zero-order chi connectivity index (χ0) is 17.4. The van der Waals surface area contributed by atoms with Crippen molar-refractivity contribution in [1.29, 1.82) is 0 Å². The third-order valence-corrected chi connectivity index (χ3v) is 5.87. The molecular formula is C15H12F6OSi. The Labute approximate surface area is 129 Å². The Morgan fingerprint density at radius 3 is 1.78 bits per heavy atom. The van der Waals surface area contributed by atoms with Crippen molar-refractivity contribution in [2.24, 2.45) is 0 Å². The van der Waals surface area contributed by atoms with Gasteiger partial charge in [0.2, 0.25) is 14.1 Å². The van der Waals surface area contributed by atoms with Crippen LogP contribution in [0.4, 0.5) is 26.3 Å². The summed E-state index contributed by atoms with van der Waals surface area (Å²) in [6, 6.07) is 5.56. The number of hydrogen-bond donors (Lipinski definition) is 0. The molecule has 0 saturated carbocycles. The van der Waals surface area contributed by atoms with Gasteiger partial charge in [0.15, 0.2) is 23.3 Å². The van der Waals surface area contributed by atoms with E-state index in [0.717, 1.165) is 0 Å². The molecule has 0 aliphatic rings. The third kappa shape index (κ3) is 3.27. The molecule has 0 N–H and O–H groups in total. The van der Waals surface area contributed by atoms with Gasteiger partial charge < -0.3 is 4.43 Å². The third-order valence-electron chi connectivity index (χ3n) is 3.36. The molecule has 2 aromatic rings. The maximum Gasteiger partial charge on any atom is 0.225 e. The van der Waals surface area contributed by atoms with Gasteiger partial charge in [0, 0.05) is 10.8 Å². The van der Waals surface area contributed by atoms with Crippen molar-refractivity contribution in [3.63, 3.8) is 0 Å². The predicted octanol–water partition coefficient (Wildman–Crippen LogP) is 4.15.